The van der Waals surface area contributed by atoms with E-state index in [0.717, 1.165) is 10.6 Å². The van der Waals surface area contributed by atoms with E-state index in [1.807, 2.05) is 4.90 Å². The minimum atomic E-state index is -4.51. The first-order chi connectivity index (χ1) is 12.8. The number of nitrogens with zero attached hydrogens (tertiary/aromatic N) is 2. The summed E-state index contributed by atoms with van der Waals surface area (Å²) in [6, 6.07) is 13.4. The molecule has 2 aromatic rings. The molecule has 0 unspecified atom stereocenters. The average molecular weight is 379 g/mol. The van der Waals surface area contributed by atoms with Crippen LogP contribution in [-0.2, 0) is 0 Å². The molecule has 27 heavy (non-hydrogen) atoms. The maximum atomic E-state index is 13.1. The predicted molar refractivity (Wildman–Crippen MR) is 96.7 cm³/mol. The Kier molecular flexibility index (Phi) is 5.27. The van der Waals surface area contributed by atoms with Crippen LogP contribution >= 0.6 is 0 Å². The second-order valence-electron chi connectivity index (χ2n) is 6.38. The lowest BCUT2D eigenvalue weighted by Crippen LogP contribution is -2.47. The number of fused-ring (bicyclic) bond motifs is 1. The highest BCUT2D eigenvalue weighted by atomic mass is 19.4. The largest absolute Gasteiger partial charge is 0.406 e. The van der Waals surface area contributed by atoms with Gasteiger partial charge < -0.3 is 20.2 Å². The van der Waals surface area contributed by atoms with Gasteiger partial charge in [0.15, 0.2) is 0 Å². The zero-order valence-corrected chi connectivity index (χ0v) is 14.7. The van der Waals surface area contributed by atoms with Crippen molar-refractivity contribution in [2.45, 2.75) is 12.3 Å². The Balaban J connectivity index is 1.94. The predicted octanol–water partition coefficient (Wildman–Crippen LogP) is 3.24. The fourth-order valence-electron chi connectivity index (χ4n) is 3.10. The lowest BCUT2D eigenvalue weighted by atomic mass is 10.0. The van der Waals surface area contributed by atoms with Crippen molar-refractivity contribution in [1.82, 2.24) is 4.90 Å². The van der Waals surface area contributed by atoms with Crippen LogP contribution in [0.15, 0.2) is 48.5 Å². The van der Waals surface area contributed by atoms with E-state index in [1.165, 1.54) is 6.07 Å². The van der Waals surface area contributed by atoms with Crippen molar-refractivity contribution in [3.8, 4) is 0 Å². The normalized spacial score (nSPS) is 16.7. The zero-order chi connectivity index (χ0) is 19.6. The number of para-hydroxylation sites is 1. The molecular formula is C19H20F3N3O2. The van der Waals surface area contributed by atoms with Gasteiger partial charge in [-0.2, -0.15) is 13.2 Å². The Morgan fingerprint density at radius 3 is 2.44 bits per heavy atom. The molecule has 0 bridgehead atoms. The fourth-order valence-corrected chi connectivity index (χ4v) is 3.10. The molecule has 144 valence electrons. The van der Waals surface area contributed by atoms with Crippen LogP contribution in [0, 0.1) is 0 Å². The molecule has 0 fully saturated rings. The van der Waals surface area contributed by atoms with Crippen molar-refractivity contribution in [1.29, 1.82) is 0 Å². The molecule has 2 aromatic carbocycles. The van der Waals surface area contributed by atoms with E-state index >= 15 is 0 Å². The van der Waals surface area contributed by atoms with Crippen molar-refractivity contribution in [2.24, 2.45) is 0 Å². The van der Waals surface area contributed by atoms with Crippen LogP contribution in [0.25, 0.3) is 0 Å². The smallest absolute Gasteiger partial charge is 0.395 e. The van der Waals surface area contributed by atoms with Crippen molar-refractivity contribution in [3.05, 3.63) is 59.7 Å². The number of rotatable bonds is 5. The van der Waals surface area contributed by atoms with Gasteiger partial charge in [0.05, 0.1) is 12.2 Å². The molecule has 3 rings (SSSR count). The molecule has 0 aromatic heterocycles. The highest BCUT2D eigenvalue weighted by Crippen LogP contribution is 2.35. The Hall–Kier alpha value is -2.74. The minimum Gasteiger partial charge on any atom is -0.395 e. The monoisotopic (exact) mass is 379 g/mol. The number of aliphatic hydroxyl groups excluding tert-OH is 1. The number of alkyl halides is 3. The third-order valence-electron chi connectivity index (χ3n) is 4.46. The van der Waals surface area contributed by atoms with Gasteiger partial charge >= 0.3 is 6.18 Å². The van der Waals surface area contributed by atoms with Crippen molar-refractivity contribution < 1.29 is 23.1 Å². The summed E-state index contributed by atoms with van der Waals surface area (Å²) in [5.41, 5.74) is 2.09. The zero-order valence-electron chi connectivity index (χ0n) is 14.7. The number of halogens is 3. The third kappa shape index (κ3) is 4.16. The van der Waals surface area contributed by atoms with E-state index in [1.54, 1.807) is 49.5 Å². The summed E-state index contributed by atoms with van der Waals surface area (Å²) in [4.78, 5) is 15.3. The molecule has 0 radical (unpaired) electrons. The lowest BCUT2D eigenvalue weighted by Gasteiger charge is -2.38. The van der Waals surface area contributed by atoms with Gasteiger partial charge in [0.2, 0.25) is 0 Å². The third-order valence-corrected chi connectivity index (χ3v) is 4.46. The first kappa shape index (κ1) is 19.0. The Morgan fingerprint density at radius 2 is 1.81 bits per heavy atom. The van der Waals surface area contributed by atoms with Gasteiger partial charge in [-0.25, -0.2) is 0 Å². The maximum absolute atomic E-state index is 13.1. The topological polar surface area (TPSA) is 55.8 Å². The standard InChI is InChI=1S/C19H20F3N3O2/c1-24(10-11-26)14-8-6-13(7-9-14)17-23-16-5-3-2-4-15(16)18(27)25(17)12-19(20,21)22/h2-9,17,23,26H,10-12H2,1H3/t17-/m0/s1. The molecule has 0 aliphatic carbocycles. The number of hydrogen-bond acceptors (Lipinski definition) is 4. The summed E-state index contributed by atoms with van der Waals surface area (Å²) < 4.78 is 39.2. The van der Waals surface area contributed by atoms with E-state index in [-0.39, 0.29) is 12.2 Å². The van der Waals surface area contributed by atoms with Crippen LogP contribution < -0.4 is 10.2 Å². The Morgan fingerprint density at radius 1 is 1.15 bits per heavy atom. The number of anilines is 2. The number of aliphatic hydroxyl groups is 1. The number of hydrogen-bond donors (Lipinski definition) is 2. The van der Waals surface area contributed by atoms with E-state index in [9.17, 15) is 18.0 Å². The summed E-state index contributed by atoms with van der Waals surface area (Å²) in [5.74, 6) is -0.659. The second kappa shape index (κ2) is 7.48. The lowest BCUT2D eigenvalue weighted by molar-refractivity contribution is -0.144. The van der Waals surface area contributed by atoms with Crippen LogP contribution in [-0.4, -0.2) is 48.8 Å². The van der Waals surface area contributed by atoms with Gasteiger partial charge in [-0.05, 0) is 29.8 Å². The van der Waals surface area contributed by atoms with Gasteiger partial charge in [-0.1, -0.05) is 24.3 Å². The first-order valence-corrected chi connectivity index (χ1v) is 8.45. The SMILES string of the molecule is CN(CCO)c1ccc([C@H]2Nc3ccccc3C(=O)N2CC(F)(F)F)cc1. The first-order valence-electron chi connectivity index (χ1n) is 8.45. The molecule has 8 heteroatoms. The maximum Gasteiger partial charge on any atom is 0.406 e. The molecule has 2 N–H and O–H groups in total. The van der Waals surface area contributed by atoms with Gasteiger partial charge in [0, 0.05) is 25.0 Å². The number of nitrogens with one attached hydrogen (secondary N) is 1. The number of benzene rings is 2. The van der Waals surface area contributed by atoms with Gasteiger partial charge in [-0.3, -0.25) is 4.79 Å². The second-order valence-corrected chi connectivity index (χ2v) is 6.38. The number of amides is 1. The van der Waals surface area contributed by atoms with Crippen LogP contribution in [0.4, 0.5) is 24.5 Å². The number of carbonyl (C=O) groups excluding carboxylic acids is 1. The summed E-state index contributed by atoms with van der Waals surface area (Å²) >= 11 is 0. The average Bonchev–Trinajstić information content (AvgIpc) is 2.63. The fraction of sp³-hybridized carbons (Fsp3) is 0.316. The summed E-state index contributed by atoms with van der Waals surface area (Å²) in [5, 5.41) is 12.1. The minimum absolute atomic E-state index is 0.00687. The molecule has 1 atom stereocenters. The van der Waals surface area contributed by atoms with Gasteiger partial charge in [-0.15, -0.1) is 0 Å². The van der Waals surface area contributed by atoms with E-state index in [2.05, 4.69) is 5.32 Å². The molecule has 5 nitrogen and oxygen atoms in total. The summed E-state index contributed by atoms with van der Waals surface area (Å²) in [7, 11) is 1.81. The van der Waals surface area contributed by atoms with E-state index in [0.29, 0.717) is 17.8 Å². The quantitative estimate of drug-likeness (QED) is 0.838. The molecule has 0 saturated carbocycles. The van der Waals surface area contributed by atoms with Gasteiger partial charge in [0.25, 0.3) is 5.91 Å². The molecule has 0 saturated heterocycles. The number of carbonyl (C=O) groups is 1. The Bertz CT molecular complexity index is 809. The number of likely N-dealkylation sites (N-methyl/N-ethyl adjacent to an activating group) is 1. The highest BCUT2D eigenvalue weighted by molar-refractivity contribution is 6.01. The molecule has 1 heterocycles. The molecule has 1 aliphatic heterocycles. The highest BCUT2D eigenvalue weighted by Gasteiger charge is 2.40. The van der Waals surface area contributed by atoms with E-state index < -0.39 is 24.8 Å². The summed E-state index contributed by atoms with van der Waals surface area (Å²) in [6.45, 7) is -0.913. The van der Waals surface area contributed by atoms with Crippen LogP contribution in [0.5, 0.6) is 0 Å². The molecular weight excluding hydrogens is 359 g/mol. The molecule has 1 amide bonds. The van der Waals surface area contributed by atoms with Crippen molar-refractivity contribution in [2.75, 3.05) is 37.0 Å². The Labute approximate surface area is 155 Å². The van der Waals surface area contributed by atoms with Crippen molar-refractivity contribution >= 4 is 17.3 Å². The molecule has 1 aliphatic rings. The van der Waals surface area contributed by atoms with Gasteiger partial charge in [0.1, 0.15) is 12.7 Å². The molecule has 0 spiro atoms. The van der Waals surface area contributed by atoms with Crippen LogP contribution in [0.2, 0.25) is 0 Å². The van der Waals surface area contributed by atoms with Crippen LogP contribution in [0.3, 0.4) is 0 Å². The van der Waals surface area contributed by atoms with Crippen LogP contribution in [0.1, 0.15) is 22.1 Å². The van der Waals surface area contributed by atoms with Crippen molar-refractivity contribution in [3.63, 3.8) is 0 Å². The van der Waals surface area contributed by atoms with E-state index in [4.69, 9.17) is 5.11 Å². The summed E-state index contributed by atoms with van der Waals surface area (Å²) in [6.07, 6.45) is -5.44.